The van der Waals surface area contributed by atoms with Crippen LogP contribution in [-0.2, 0) is 4.79 Å². The number of nitrogens with one attached hydrogen (secondary N) is 1. The SMILES string of the molecule is CC1(C)CCCC1C(=O)Nc1cccc(C#N)c1. The summed E-state index contributed by atoms with van der Waals surface area (Å²) in [6.45, 7) is 4.30. The molecule has 1 atom stereocenters. The summed E-state index contributed by atoms with van der Waals surface area (Å²) in [7, 11) is 0. The van der Waals surface area contributed by atoms with Crippen molar-refractivity contribution in [2.45, 2.75) is 33.1 Å². The molecule has 18 heavy (non-hydrogen) atoms. The fourth-order valence-electron chi connectivity index (χ4n) is 2.71. The number of amides is 1. The third kappa shape index (κ3) is 2.53. The molecular formula is C15H18N2O. The number of hydrogen-bond donors (Lipinski definition) is 1. The van der Waals surface area contributed by atoms with Gasteiger partial charge in [0.2, 0.25) is 5.91 Å². The molecule has 1 amide bonds. The summed E-state index contributed by atoms with van der Waals surface area (Å²) in [6, 6.07) is 9.12. The van der Waals surface area contributed by atoms with Gasteiger partial charge in [0, 0.05) is 11.6 Å². The Bertz CT molecular complexity index is 499. The molecule has 1 saturated carbocycles. The molecule has 0 aromatic heterocycles. The molecule has 1 aliphatic carbocycles. The van der Waals surface area contributed by atoms with Gasteiger partial charge in [0.05, 0.1) is 11.6 Å². The summed E-state index contributed by atoms with van der Waals surface area (Å²) in [5.74, 6) is 0.149. The van der Waals surface area contributed by atoms with Crippen LogP contribution in [0.15, 0.2) is 24.3 Å². The highest BCUT2D eigenvalue weighted by molar-refractivity contribution is 5.93. The normalized spacial score (nSPS) is 21.3. The first-order valence-corrected chi connectivity index (χ1v) is 6.34. The lowest BCUT2D eigenvalue weighted by Gasteiger charge is -2.25. The topological polar surface area (TPSA) is 52.9 Å². The highest BCUT2D eigenvalue weighted by Gasteiger charge is 2.39. The Hall–Kier alpha value is -1.82. The molecule has 1 N–H and O–H groups in total. The van der Waals surface area contributed by atoms with Gasteiger partial charge in [-0.1, -0.05) is 26.3 Å². The molecule has 94 valence electrons. The van der Waals surface area contributed by atoms with Crippen molar-refractivity contribution < 1.29 is 4.79 Å². The van der Waals surface area contributed by atoms with E-state index in [0.29, 0.717) is 11.3 Å². The molecule has 1 unspecified atom stereocenters. The quantitative estimate of drug-likeness (QED) is 0.864. The lowest BCUT2D eigenvalue weighted by Crippen LogP contribution is -2.30. The van der Waals surface area contributed by atoms with Gasteiger partial charge in [0.25, 0.3) is 0 Å². The molecule has 0 bridgehead atoms. The van der Waals surface area contributed by atoms with Crippen molar-refractivity contribution in [3.8, 4) is 6.07 Å². The summed E-state index contributed by atoms with van der Waals surface area (Å²) in [5.41, 5.74) is 1.36. The number of nitrogens with zero attached hydrogens (tertiary/aromatic N) is 1. The van der Waals surface area contributed by atoms with Crippen LogP contribution >= 0.6 is 0 Å². The Morgan fingerprint density at radius 3 is 2.89 bits per heavy atom. The molecule has 0 radical (unpaired) electrons. The zero-order valence-electron chi connectivity index (χ0n) is 10.9. The number of nitriles is 1. The highest BCUT2D eigenvalue weighted by atomic mass is 16.1. The van der Waals surface area contributed by atoms with Gasteiger partial charge in [-0.05, 0) is 36.5 Å². The Labute approximate surface area is 108 Å². The summed E-state index contributed by atoms with van der Waals surface area (Å²) in [4.78, 5) is 12.2. The molecule has 0 spiro atoms. The van der Waals surface area contributed by atoms with Gasteiger partial charge < -0.3 is 5.32 Å². The van der Waals surface area contributed by atoms with E-state index in [-0.39, 0.29) is 17.2 Å². The Morgan fingerprint density at radius 1 is 1.50 bits per heavy atom. The molecule has 1 aromatic carbocycles. The van der Waals surface area contributed by atoms with Crippen LogP contribution in [0.2, 0.25) is 0 Å². The van der Waals surface area contributed by atoms with Crippen LogP contribution in [0.1, 0.15) is 38.7 Å². The predicted octanol–water partition coefficient (Wildman–Crippen LogP) is 3.32. The van der Waals surface area contributed by atoms with Gasteiger partial charge in [-0.25, -0.2) is 0 Å². The molecule has 1 aromatic rings. The average molecular weight is 242 g/mol. The summed E-state index contributed by atoms with van der Waals surface area (Å²) in [5, 5.41) is 11.8. The minimum Gasteiger partial charge on any atom is -0.326 e. The van der Waals surface area contributed by atoms with E-state index in [2.05, 4.69) is 25.2 Å². The molecule has 1 aliphatic rings. The lowest BCUT2D eigenvalue weighted by atomic mass is 9.81. The molecule has 2 rings (SSSR count). The zero-order chi connectivity index (χ0) is 13.2. The Balaban J connectivity index is 2.10. The van der Waals surface area contributed by atoms with Crippen LogP contribution in [0, 0.1) is 22.7 Å². The molecular weight excluding hydrogens is 224 g/mol. The van der Waals surface area contributed by atoms with Gasteiger partial charge in [0.1, 0.15) is 0 Å². The van der Waals surface area contributed by atoms with Crippen LogP contribution in [0.25, 0.3) is 0 Å². The number of anilines is 1. The van der Waals surface area contributed by atoms with Crippen molar-refractivity contribution in [2.75, 3.05) is 5.32 Å². The smallest absolute Gasteiger partial charge is 0.228 e. The predicted molar refractivity (Wildman–Crippen MR) is 70.9 cm³/mol. The van der Waals surface area contributed by atoms with Crippen molar-refractivity contribution in [3.05, 3.63) is 29.8 Å². The van der Waals surface area contributed by atoms with E-state index in [1.54, 1.807) is 18.2 Å². The van der Waals surface area contributed by atoms with Crippen molar-refractivity contribution in [2.24, 2.45) is 11.3 Å². The Morgan fingerprint density at radius 2 is 2.28 bits per heavy atom. The zero-order valence-corrected chi connectivity index (χ0v) is 10.9. The number of carbonyl (C=O) groups excluding carboxylic acids is 1. The monoisotopic (exact) mass is 242 g/mol. The minimum absolute atomic E-state index is 0.0724. The van der Waals surface area contributed by atoms with Crippen LogP contribution in [-0.4, -0.2) is 5.91 Å². The van der Waals surface area contributed by atoms with E-state index < -0.39 is 0 Å². The summed E-state index contributed by atoms with van der Waals surface area (Å²) < 4.78 is 0. The first-order valence-electron chi connectivity index (χ1n) is 6.34. The molecule has 0 aliphatic heterocycles. The van der Waals surface area contributed by atoms with Crippen molar-refractivity contribution >= 4 is 11.6 Å². The Kier molecular flexibility index (Phi) is 3.38. The molecule has 3 nitrogen and oxygen atoms in total. The summed E-state index contributed by atoms with van der Waals surface area (Å²) >= 11 is 0. The molecule has 3 heteroatoms. The fraction of sp³-hybridized carbons (Fsp3) is 0.467. The third-order valence-corrected chi connectivity index (χ3v) is 3.83. The van der Waals surface area contributed by atoms with Gasteiger partial charge in [-0.15, -0.1) is 0 Å². The second-order valence-corrected chi connectivity index (χ2v) is 5.62. The van der Waals surface area contributed by atoms with Gasteiger partial charge in [0.15, 0.2) is 0 Å². The maximum absolute atomic E-state index is 12.2. The van der Waals surface area contributed by atoms with Crippen LogP contribution in [0.3, 0.4) is 0 Å². The average Bonchev–Trinajstić information content (AvgIpc) is 2.69. The highest BCUT2D eigenvalue weighted by Crippen LogP contribution is 2.43. The lowest BCUT2D eigenvalue weighted by molar-refractivity contribution is -0.122. The van der Waals surface area contributed by atoms with E-state index in [1.165, 1.54) is 0 Å². The molecule has 0 saturated heterocycles. The van der Waals surface area contributed by atoms with E-state index >= 15 is 0 Å². The van der Waals surface area contributed by atoms with E-state index in [0.717, 1.165) is 19.3 Å². The number of hydrogen-bond acceptors (Lipinski definition) is 2. The van der Waals surface area contributed by atoms with Crippen molar-refractivity contribution in [1.82, 2.24) is 0 Å². The van der Waals surface area contributed by atoms with E-state index in [1.807, 2.05) is 6.07 Å². The first-order chi connectivity index (χ1) is 8.53. The largest absolute Gasteiger partial charge is 0.326 e. The first kappa shape index (κ1) is 12.6. The maximum Gasteiger partial charge on any atom is 0.228 e. The fourth-order valence-corrected chi connectivity index (χ4v) is 2.71. The second-order valence-electron chi connectivity index (χ2n) is 5.62. The van der Waals surface area contributed by atoms with E-state index in [4.69, 9.17) is 5.26 Å². The van der Waals surface area contributed by atoms with Gasteiger partial charge in [-0.3, -0.25) is 4.79 Å². The second kappa shape index (κ2) is 4.81. The van der Waals surface area contributed by atoms with E-state index in [9.17, 15) is 4.79 Å². The standard InChI is InChI=1S/C15H18N2O/c1-15(2)8-4-7-13(15)14(18)17-12-6-3-5-11(9-12)10-16/h3,5-6,9,13H,4,7-8H2,1-2H3,(H,17,18). The molecule has 1 fully saturated rings. The summed E-state index contributed by atoms with van der Waals surface area (Å²) in [6.07, 6.45) is 3.17. The molecule has 0 heterocycles. The van der Waals surface area contributed by atoms with Gasteiger partial charge in [-0.2, -0.15) is 5.26 Å². The minimum atomic E-state index is 0.0724. The van der Waals surface area contributed by atoms with Crippen LogP contribution in [0.4, 0.5) is 5.69 Å². The van der Waals surface area contributed by atoms with Gasteiger partial charge >= 0.3 is 0 Å². The number of benzene rings is 1. The van der Waals surface area contributed by atoms with Crippen LogP contribution in [0.5, 0.6) is 0 Å². The number of carbonyl (C=O) groups is 1. The van der Waals surface area contributed by atoms with Crippen molar-refractivity contribution in [3.63, 3.8) is 0 Å². The number of rotatable bonds is 2. The maximum atomic E-state index is 12.2. The third-order valence-electron chi connectivity index (χ3n) is 3.83. The van der Waals surface area contributed by atoms with Crippen LogP contribution < -0.4 is 5.32 Å². The van der Waals surface area contributed by atoms with Crippen molar-refractivity contribution in [1.29, 1.82) is 5.26 Å².